The third-order valence-electron chi connectivity index (χ3n) is 4.60. The summed E-state index contributed by atoms with van der Waals surface area (Å²) in [6, 6.07) is 11.3. The molecule has 2 aromatic heterocycles. The fourth-order valence-electron chi connectivity index (χ4n) is 3.41. The Bertz CT molecular complexity index is 937. The van der Waals surface area contributed by atoms with Gasteiger partial charge in [0.1, 0.15) is 5.82 Å². The van der Waals surface area contributed by atoms with E-state index in [2.05, 4.69) is 10.1 Å². The van der Waals surface area contributed by atoms with Crippen molar-refractivity contribution in [3.8, 4) is 0 Å². The molecule has 26 heavy (non-hydrogen) atoms. The molecule has 0 unspecified atom stereocenters. The molecule has 0 bridgehead atoms. The second kappa shape index (κ2) is 6.50. The summed E-state index contributed by atoms with van der Waals surface area (Å²) in [7, 11) is 0. The molecule has 1 aliphatic heterocycles. The van der Waals surface area contributed by atoms with Gasteiger partial charge in [0, 0.05) is 42.2 Å². The van der Waals surface area contributed by atoms with Gasteiger partial charge in [0.15, 0.2) is 5.65 Å². The summed E-state index contributed by atoms with van der Waals surface area (Å²) in [5.74, 6) is -1.99. The predicted octanol–water partition coefficient (Wildman–Crippen LogP) is 4.52. The number of aromatic nitrogens is 3. The Kier molecular flexibility index (Phi) is 4.31. The van der Waals surface area contributed by atoms with E-state index in [0.717, 1.165) is 17.0 Å². The first-order valence-corrected chi connectivity index (χ1v) is 9.01. The Morgan fingerprint density at radius 2 is 1.96 bits per heavy atom. The van der Waals surface area contributed by atoms with Crippen LogP contribution in [0.1, 0.15) is 29.8 Å². The van der Waals surface area contributed by atoms with Crippen molar-refractivity contribution in [1.82, 2.24) is 14.6 Å². The molecule has 1 aliphatic rings. The Labute approximate surface area is 155 Å². The zero-order valence-corrected chi connectivity index (χ0v) is 15.2. The van der Waals surface area contributed by atoms with Crippen LogP contribution >= 0.6 is 11.6 Å². The molecule has 136 valence electrons. The van der Waals surface area contributed by atoms with E-state index < -0.39 is 5.92 Å². The van der Waals surface area contributed by atoms with Gasteiger partial charge in [0.05, 0.1) is 12.2 Å². The molecule has 0 amide bonds. The van der Waals surface area contributed by atoms with Gasteiger partial charge in [-0.3, -0.25) is 0 Å². The topological polar surface area (TPSA) is 33.4 Å². The van der Waals surface area contributed by atoms with Crippen LogP contribution in [0.25, 0.3) is 5.65 Å². The fraction of sp³-hybridized carbons (Fsp3) is 0.368. The highest BCUT2D eigenvalue weighted by Crippen LogP contribution is 2.30. The van der Waals surface area contributed by atoms with Crippen molar-refractivity contribution in [1.29, 1.82) is 0 Å². The first-order valence-electron chi connectivity index (χ1n) is 8.63. The van der Waals surface area contributed by atoms with Gasteiger partial charge < -0.3 is 4.90 Å². The number of hydrogen-bond donors (Lipinski definition) is 0. The lowest BCUT2D eigenvalue weighted by molar-refractivity contribution is -0.0119. The van der Waals surface area contributed by atoms with Crippen LogP contribution in [-0.2, 0) is 6.42 Å². The molecule has 0 spiro atoms. The molecule has 4 nitrogen and oxygen atoms in total. The number of anilines is 1. The van der Waals surface area contributed by atoms with Gasteiger partial charge in [-0.2, -0.15) is 9.61 Å². The zero-order chi connectivity index (χ0) is 18.3. The molecule has 3 aromatic rings. The number of aryl methyl sites for hydroxylation is 1. The summed E-state index contributed by atoms with van der Waals surface area (Å²) >= 11 is 5.93. The lowest BCUT2D eigenvalue weighted by Crippen LogP contribution is -2.43. The molecule has 1 aromatic carbocycles. The molecule has 4 rings (SSSR count). The van der Waals surface area contributed by atoms with Crippen molar-refractivity contribution in [3.05, 3.63) is 58.4 Å². The molecule has 1 saturated heterocycles. The van der Waals surface area contributed by atoms with Crippen molar-refractivity contribution in [3.63, 3.8) is 0 Å². The number of piperidine rings is 1. The molecule has 7 heteroatoms. The van der Waals surface area contributed by atoms with Crippen LogP contribution in [0.3, 0.4) is 0 Å². The quantitative estimate of drug-likeness (QED) is 0.674. The van der Waals surface area contributed by atoms with Crippen LogP contribution in [-0.4, -0.2) is 33.6 Å². The highest BCUT2D eigenvalue weighted by Gasteiger charge is 2.36. The minimum atomic E-state index is -2.67. The molecule has 0 radical (unpaired) electrons. The largest absolute Gasteiger partial charge is 0.350 e. The van der Waals surface area contributed by atoms with E-state index in [-0.39, 0.29) is 13.0 Å². The molecule has 1 fully saturated rings. The second-order valence-corrected chi connectivity index (χ2v) is 7.28. The number of alkyl halides is 2. The van der Waals surface area contributed by atoms with Crippen LogP contribution in [0.15, 0.2) is 36.4 Å². The van der Waals surface area contributed by atoms with Crippen molar-refractivity contribution in [2.75, 3.05) is 18.0 Å². The molecule has 0 saturated carbocycles. The average Bonchev–Trinajstić information content (AvgIpc) is 2.97. The highest BCUT2D eigenvalue weighted by molar-refractivity contribution is 6.30. The maximum Gasteiger partial charge on any atom is 0.265 e. The highest BCUT2D eigenvalue weighted by atomic mass is 35.5. The standard InChI is InChI=1S/C19H19ClF2N4/c1-13-9-18(25-8-2-7-19(21,22)12-25)26-17(23-13)11-16(24-26)10-14-3-5-15(20)6-4-14/h3-6,9,11H,2,7-8,10,12H2,1H3. The number of nitrogens with zero attached hydrogens (tertiary/aromatic N) is 4. The maximum atomic E-state index is 13.9. The van der Waals surface area contributed by atoms with Crippen LogP contribution in [0, 0.1) is 6.92 Å². The number of benzene rings is 1. The number of hydrogen-bond acceptors (Lipinski definition) is 3. The van der Waals surface area contributed by atoms with Crippen LogP contribution < -0.4 is 4.90 Å². The van der Waals surface area contributed by atoms with E-state index in [9.17, 15) is 8.78 Å². The molecule has 0 atom stereocenters. The molecular formula is C19H19ClF2N4. The third-order valence-corrected chi connectivity index (χ3v) is 4.85. The van der Waals surface area contributed by atoms with E-state index >= 15 is 0 Å². The van der Waals surface area contributed by atoms with E-state index in [1.807, 2.05) is 43.3 Å². The van der Waals surface area contributed by atoms with E-state index in [1.54, 1.807) is 9.42 Å². The van der Waals surface area contributed by atoms with Gasteiger partial charge in [-0.15, -0.1) is 0 Å². The maximum absolute atomic E-state index is 13.9. The minimum Gasteiger partial charge on any atom is -0.350 e. The molecular weight excluding hydrogens is 358 g/mol. The number of rotatable bonds is 3. The SMILES string of the molecule is Cc1cc(N2CCCC(F)(F)C2)n2nc(Cc3ccc(Cl)cc3)cc2n1. The Morgan fingerprint density at radius 1 is 1.19 bits per heavy atom. The van der Waals surface area contributed by atoms with Crippen LogP contribution in [0.5, 0.6) is 0 Å². The van der Waals surface area contributed by atoms with Crippen molar-refractivity contribution < 1.29 is 8.78 Å². The zero-order valence-electron chi connectivity index (χ0n) is 14.4. The lowest BCUT2D eigenvalue weighted by atomic mass is 10.1. The molecule has 3 heterocycles. The van der Waals surface area contributed by atoms with Crippen LogP contribution in [0.2, 0.25) is 5.02 Å². The third kappa shape index (κ3) is 3.51. The van der Waals surface area contributed by atoms with Crippen molar-refractivity contribution in [2.45, 2.75) is 32.1 Å². The molecule has 0 N–H and O–H groups in total. The summed E-state index contributed by atoms with van der Waals surface area (Å²) < 4.78 is 29.4. The number of halogens is 3. The monoisotopic (exact) mass is 376 g/mol. The summed E-state index contributed by atoms with van der Waals surface area (Å²) in [6.07, 6.45) is 1.04. The van der Waals surface area contributed by atoms with Gasteiger partial charge in [-0.05, 0) is 31.0 Å². The van der Waals surface area contributed by atoms with E-state index in [0.29, 0.717) is 35.9 Å². The molecule has 0 aliphatic carbocycles. The first-order chi connectivity index (χ1) is 12.4. The summed E-state index contributed by atoms with van der Waals surface area (Å²) in [5.41, 5.74) is 3.40. The second-order valence-electron chi connectivity index (χ2n) is 6.85. The predicted molar refractivity (Wildman–Crippen MR) is 98.4 cm³/mol. The van der Waals surface area contributed by atoms with Gasteiger partial charge in [0.2, 0.25) is 0 Å². The summed E-state index contributed by atoms with van der Waals surface area (Å²) in [5, 5.41) is 5.32. The van der Waals surface area contributed by atoms with Gasteiger partial charge in [0.25, 0.3) is 5.92 Å². The average molecular weight is 377 g/mol. The van der Waals surface area contributed by atoms with Crippen molar-refractivity contribution >= 4 is 23.1 Å². The minimum absolute atomic E-state index is 0.0579. The normalized spacial score (nSPS) is 17.0. The van der Waals surface area contributed by atoms with Crippen LogP contribution in [0.4, 0.5) is 14.6 Å². The number of fused-ring (bicyclic) bond motifs is 1. The Morgan fingerprint density at radius 3 is 2.69 bits per heavy atom. The first kappa shape index (κ1) is 17.2. The van der Waals surface area contributed by atoms with Crippen molar-refractivity contribution in [2.24, 2.45) is 0 Å². The van der Waals surface area contributed by atoms with Gasteiger partial charge in [-0.1, -0.05) is 23.7 Å². The van der Waals surface area contributed by atoms with E-state index in [4.69, 9.17) is 11.6 Å². The fourth-order valence-corrected chi connectivity index (χ4v) is 3.54. The summed E-state index contributed by atoms with van der Waals surface area (Å²) in [4.78, 5) is 6.22. The Balaban J connectivity index is 1.70. The lowest BCUT2D eigenvalue weighted by Gasteiger charge is -2.34. The van der Waals surface area contributed by atoms with Gasteiger partial charge >= 0.3 is 0 Å². The van der Waals surface area contributed by atoms with Gasteiger partial charge in [-0.25, -0.2) is 13.8 Å². The smallest absolute Gasteiger partial charge is 0.265 e. The summed E-state index contributed by atoms with van der Waals surface area (Å²) in [6.45, 7) is 2.19. The van der Waals surface area contributed by atoms with E-state index in [1.165, 1.54) is 0 Å². The Hall–Kier alpha value is -2.21.